The average Bonchev–Trinajstić information content (AvgIpc) is 2.43. The van der Waals surface area contributed by atoms with Crippen molar-refractivity contribution in [2.45, 2.75) is 27.2 Å². The van der Waals surface area contributed by atoms with Crippen LogP contribution in [0, 0.1) is 0 Å². The number of hydrogen-bond donors (Lipinski definition) is 0. The molecule has 1 aromatic rings. The highest BCUT2D eigenvalue weighted by atomic mass is 31.1. The summed E-state index contributed by atoms with van der Waals surface area (Å²) < 4.78 is 0. The van der Waals surface area contributed by atoms with E-state index in [9.17, 15) is 0 Å². The topological polar surface area (TPSA) is 0 Å². The molecular weight excluding hydrogens is 235 g/mol. The highest BCUT2D eigenvalue weighted by Crippen LogP contribution is 2.44. The summed E-state index contributed by atoms with van der Waals surface area (Å²) in [7, 11) is -0.206. The first kappa shape index (κ1) is 14.9. The summed E-state index contributed by atoms with van der Waals surface area (Å²) in [5.74, 6) is 0. The van der Waals surface area contributed by atoms with Crippen molar-refractivity contribution >= 4 is 19.3 Å². The van der Waals surface area contributed by atoms with Gasteiger partial charge in [0.1, 0.15) is 0 Å². The summed E-state index contributed by atoms with van der Waals surface area (Å²) in [4.78, 5) is 0. The van der Waals surface area contributed by atoms with Crippen molar-refractivity contribution in [2.75, 3.05) is 6.16 Å². The molecule has 1 aromatic carbocycles. The van der Waals surface area contributed by atoms with E-state index in [0.717, 1.165) is 6.42 Å². The standard InChI is InChI=1S/C17H23P/c1-5-9-10-16(7-3)18(8-4)17-13-11-15(6-2)12-14-17/h6-7,9-14H,2,5,8H2,1,3-4H3/b10-9-,16-7+. The maximum Gasteiger partial charge on any atom is -0.0195 e. The lowest BCUT2D eigenvalue weighted by Gasteiger charge is -2.17. The van der Waals surface area contributed by atoms with Crippen LogP contribution >= 0.6 is 7.92 Å². The second-order valence-corrected chi connectivity index (χ2v) is 6.59. The fraction of sp³-hybridized carbons (Fsp3) is 0.294. The Kier molecular flexibility index (Phi) is 6.68. The molecule has 0 aliphatic rings. The van der Waals surface area contributed by atoms with Gasteiger partial charge in [0.2, 0.25) is 0 Å². The minimum Gasteiger partial charge on any atom is -0.0985 e. The van der Waals surface area contributed by atoms with Gasteiger partial charge in [-0.2, -0.15) is 0 Å². The molecule has 18 heavy (non-hydrogen) atoms. The monoisotopic (exact) mass is 258 g/mol. The summed E-state index contributed by atoms with van der Waals surface area (Å²) in [5.41, 5.74) is 1.19. The van der Waals surface area contributed by atoms with Crippen molar-refractivity contribution in [2.24, 2.45) is 0 Å². The first-order chi connectivity index (χ1) is 8.76. The zero-order valence-corrected chi connectivity index (χ0v) is 12.6. The second kappa shape index (κ2) is 8.06. The van der Waals surface area contributed by atoms with E-state index >= 15 is 0 Å². The molecular formula is C17H23P. The molecule has 0 fully saturated rings. The first-order valence-electron chi connectivity index (χ1n) is 6.59. The molecule has 0 saturated heterocycles. The van der Waals surface area contributed by atoms with Crippen molar-refractivity contribution in [3.8, 4) is 0 Å². The Morgan fingerprint density at radius 1 is 1.22 bits per heavy atom. The van der Waals surface area contributed by atoms with Crippen LogP contribution in [-0.2, 0) is 0 Å². The van der Waals surface area contributed by atoms with Gasteiger partial charge in [0.05, 0.1) is 0 Å². The van der Waals surface area contributed by atoms with Gasteiger partial charge in [-0.1, -0.05) is 69.0 Å². The molecule has 0 aliphatic heterocycles. The summed E-state index contributed by atoms with van der Waals surface area (Å²) in [5, 5.41) is 2.92. The van der Waals surface area contributed by atoms with Gasteiger partial charge >= 0.3 is 0 Å². The van der Waals surface area contributed by atoms with E-state index in [1.165, 1.54) is 22.3 Å². The van der Waals surface area contributed by atoms with Crippen LogP contribution in [0.1, 0.15) is 32.8 Å². The largest absolute Gasteiger partial charge is 0.0985 e. The molecule has 0 saturated carbocycles. The van der Waals surface area contributed by atoms with Gasteiger partial charge in [-0.05, 0) is 43.6 Å². The lowest BCUT2D eigenvalue weighted by Crippen LogP contribution is -2.03. The quantitative estimate of drug-likeness (QED) is 0.478. The van der Waals surface area contributed by atoms with Crippen molar-refractivity contribution < 1.29 is 0 Å². The molecule has 0 nitrogen and oxygen atoms in total. The third-order valence-electron chi connectivity index (χ3n) is 2.89. The summed E-state index contributed by atoms with van der Waals surface area (Å²) in [6.45, 7) is 10.4. The lowest BCUT2D eigenvalue weighted by molar-refractivity contribution is 1.22. The SMILES string of the molecule is C=Cc1ccc(P(CC)C(/C=C\CC)=C/C)cc1. The second-order valence-electron chi connectivity index (χ2n) is 4.06. The predicted octanol–water partition coefficient (Wildman–Crippen LogP) is 5.33. The highest BCUT2D eigenvalue weighted by Gasteiger charge is 2.11. The van der Waals surface area contributed by atoms with Crippen LogP contribution in [0.25, 0.3) is 6.08 Å². The third kappa shape index (κ3) is 3.96. The molecule has 0 aromatic heterocycles. The van der Waals surface area contributed by atoms with E-state index in [1.54, 1.807) is 0 Å². The summed E-state index contributed by atoms with van der Waals surface area (Å²) >= 11 is 0. The Morgan fingerprint density at radius 2 is 1.89 bits per heavy atom. The molecule has 1 atom stereocenters. The Bertz CT molecular complexity index is 423. The highest BCUT2D eigenvalue weighted by molar-refractivity contribution is 7.69. The predicted molar refractivity (Wildman–Crippen MR) is 86.8 cm³/mol. The van der Waals surface area contributed by atoms with Gasteiger partial charge in [0.25, 0.3) is 0 Å². The lowest BCUT2D eigenvalue weighted by atomic mass is 10.2. The molecule has 0 heterocycles. The van der Waals surface area contributed by atoms with Crippen LogP contribution in [-0.4, -0.2) is 6.16 Å². The maximum atomic E-state index is 3.80. The number of rotatable bonds is 6. The van der Waals surface area contributed by atoms with Gasteiger partial charge in [-0.15, -0.1) is 0 Å². The average molecular weight is 258 g/mol. The molecule has 1 rings (SSSR count). The third-order valence-corrected chi connectivity index (χ3v) is 5.47. The minimum absolute atomic E-state index is 0.206. The normalized spacial score (nSPS) is 13.8. The molecule has 0 radical (unpaired) electrons. The molecule has 1 unspecified atom stereocenters. The van der Waals surface area contributed by atoms with E-state index in [2.05, 4.69) is 69.8 Å². The number of allylic oxidation sites excluding steroid dienone is 4. The fourth-order valence-corrected chi connectivity index (χ4v) is 4.02. The van der Waals surface area contributed by atoms with E-state index in [-0.39, 0.29) is 7.92 Å². The molecule has 0 N–H and O–H groups in total. The Labute approximate surface area is 113 Å². The van der Waals surface area contributed by atoms with Crippen molar-refractivity contribution in [3.05, 3.63) is 60.0 Å². The Hall–Kier alpha value is -1.13. The van der Waals surface area contributed by atoms with Crippen LogP contribution in [0.4, 0.5) is 0 Å². The van der Waals surface area contributed by atoms with E-state index in [4.69, 9.17) is 0 Å². The van der Waals surface area contributed by atoms with Crippen molar-refractivity contribution in [1.29, 1.82) is 0 Å². The van der Waals surface area contributed by atoms with Crippen LogP contribution in [0.5, 0.6) is 0 Å². The van der Waals surface area contributed by atoms with Crippen LogP contribution in [0.2, 0.25) is 0 Å². The van der Waals surface area contributed by atoms with E-state index in [1.807, 2.05) is 6.08 Å². The van der Waals surface area contributed by atoms with Gasteiger partial charge in [-0.3, -0.25) is 0 Å². The number of benzene rings is 1. The molecule has 0 bridgehead atoms. The Morgan fingerprint density at radius 3 is 2.33 bits per heavy atom. The van der Waals surface area contributed by atoms with Gasteiger partial charge in [0.15, 0.2) is 0 Å². The smallest absolute Gasteiger partial charge is 0.0195 e. The first-order valence-corrected chi connectivity index (χ1v) is 8.12. The maximum absolute atomic E-state index is 3.80. The molecule has 0 aliphatic carbocycles. The zero-order valence-electron chi connectivity index (χ0n) is 11.7. The van der Waals surface area contributed by atoms with Crippen LogP contribution < -0.4 is 5.30 Å². The molecule has 0 spiro atoms. The van der Waals surface area contributed by atoms with Crippen LogP contribution in [0.3, 0.4) is 0 Å². The van der Waals surface area contributed by atoms with Crippen LogP contribution in [0.15, 0.2) is 54.4 Å². The summed E-state index contributed by atoms with van der Waals surface area (Å²) in [6, 6.07) is 8.80. The fourth-order valence-electron chi connectivity index (χ4n) is 1.89. The minimum atomic E-state index is -0.206. The van der Waals surface area contributed by atoms with Crippen molar-refractivity contribution in [1.82, 2.24) is 0 Å². The summed E-state index contributed by atoms with van der Waals surface area (Å²) in [6.07, 6.45) is 11.0. The molecule has 1 heteroatoms. The number of hydrogen-bond acceptors (Lipinski definition) is 0. The van der Waals surface area contributed by atoms with Crippen molar-refractivity contribution in [3.63, 3.8) is 0 Å². The van der Waals surface area contributed by atoms with E-state index < -0.39 is 0 Å². The van der Waals surface area contributed by atoms with Gasteiger partial charge in [-0.25, -0.2) is 0 Å². The Balaban J connectivity index is 3.00. The van der Waals surface area contributed by atoms with Gasteiger partial charge < -0.3 is 0 Å². The van der Waals surface area contributed by atoms with Gasteiger partial charge in [0, 0.05) is 0 Å². The zero-order chi connectivity index (χ0) is 13.4. The van der Waals surface area contributed by atoms with E-state index in [0.29, 0.717) is 0 Å². The molecule has 0 amide bonds. The molecule has 96 valence electrons.